The van der Waals surface area contributed by atoms with Gasteiger partial charge in [0.15, 0.2) is 6.61 Å². The Morgan fingerprint density at radius 2 is 1.43 bits per heavy atom. The van der Waals surface area contributed by atoms with Crippen LogP contribution in [-0.4, -0.2) is 66.4 Å². The first-order valence-corrected chi connectivity index (χ1v) is 11.2. The number of aromatic nitrogens is 1. The Kier molecular flexibility index (Phi) is 5.97. The molecule has 9 nitrogen and oxygen atoms in total. The number of esters is 1. The number of hydrogen-bond acceptors (Lipinski definition) is 7. The van der Waals surface area contributed by atoms with Crippen molar-refractivity contribution in [1.82, 2.24) is 9.88 Å². The molecule has 0 N–H and O–H groups in total. The van der Waals surface area contributed by atoms with E-state index in [2.05, 4.69) is 9.88 Å². The van der Waals surface area contributed by atoms with Gasteiger partial charge in [0.25, 0.3) is 17.7 Å². The van der Waals surface area contributed by atoms with Gasteiger partial charge in [-0.1, -0.05) is 18.2 Å². The number of piperazine rings is 1. The van der Waals surface area contributed by atoms with E-state index in [-0.39, 0.29) is 18.1 Å². The Labute approximate surface area is 201 Å². The largest absolute Gasteiger partial charge is 0.452 e. The molecule has 0 radical (unpaired) electrons. The zero-order chi connectivity index (χ0) is 24.4. The number of carbonyl (C=O) groups excluding carboxylic acids is 4. The average Bonchev–Trinajstić information content (AvgIpc) is 3.17. The van der Waals surface area contributed by atoms with Crippen LogP contribution in [0.2, 0.25) is 0 Å². The number of amides is 3. The molecular formula is C26H22N4O5. The van der Waals surface area contributed by atoms with E-state index in [4.69, 9.17) is 4.74 Å². The monoisotopic (exact) mass is 470 g/mol. The Balaban J connectivity index is 1.15. The van der Waals surface area contributed by atoms with Crippen molar-refractivity contribution in [1.29, 1.82) is 0 Å². The molecule has 0 aliphatic carbocycles. The van der Waals surface area contributed by atoms with Crippen LogP contribution in [0.1, 0.15) is 31.1 Å². The topological polar surface area (TPSA) is 100 Å². The summed E-state index contributed by atoms with van der Waals surface area (Å²) in [4.78, 5) is 59.4. The Morgan fingerprint density at radius 1 is 0.800 bits per heavy atom. The van der Waals surface area contributed by atoms with E-state index in [9.17, 15) is 19.2 Å². The molecule has 0 spiro atoms. The Morgan fingerprint density at radius 3 is 2.03 bits per heavy atom. The Bertz CT molecular complexity index is 1250. The normalized spacial score (nSPS) is 15.3. The third-order valence-corrected chi connectivity index (χ3v) is 6.09. The molecule has 0 bridgehead atoms. The highest BCUT2D eigenvalue weighted by Gasteiger charge is 2.36. The number of benzene rings is 2. The van der Waals surface area contributed by atoms with Crippen LogP contribution in [0.5, 0.6) is 0 Å². The maximum atomic E-state index is 12.6. The molecule has 0 atom stereocenters. The summed E-state index contributed by atoms with van der Waals surface area (Å²) in [6, 6.07) is 18.3. The van der Waals surface area contributed by atoms with Gasteiger partial charge in [-0.3, -0.25) is 14.4 Å². The minimum Gasteiger partial charge on any atom is -0.452 e. The summed E-state index contributed by atoms with van der Waals surface area (Å²) in [5.74, 6) is -0.860. The summed E-state index contributed by atoms with van der Waals surface area (Å²) in [7, 11) is 0. The molecule has 1 saturated heterocycles. The molecule has 0 unspecified atom stereocenters. The van der Waals surface area contributed by atoms with E-state index >= 15 is 0 Å². The van der Waals surface area contributed by atoms with Crippen molar-refractivity contribution in [3.63, 3.8) is 0 Å². The lowest BCUT2D eigenvalue weighted by molar-refractivity contribution is -0.134. The van der Waals surface area contributed by atoms with E-state index in [0.29, 0.717) is 43.0 Å². The van der Waals surface area contributed by atoms with Gasteiger partial charge in [-0.25, -0.2) is 14.7 Å². The smallest absolute Gasteiger partial charge is 0.338 e. The van der Waals surface area contributed by atoms with Gasteiger partial charge in [0.2, 0.25) is 0 Å². The Hall–Kier alpha value is -4.53. The SMILES string of the molecule is O=C(OCC(=O)N1CCN(c2ccccn2)CC1)c1ccc(N2C(=O)c3ccccc3C2=O)cc1. The number of ether oxygens (including phenoxy) is 1. The standard InChI is InChI=1S/C26H22N4O5/c31-23(29-15-13-28(14-16-29)22-7-3-4-12-27-22)17-35-26(34)18-8-10-19(11-9-18)30-24(32)20-5-1-2-6-21(20)25(30)33/h1-12H,13-17H2. The number of pyridine rings is 1. The van der Waals surface area contributed by atoms with Gasteiger partial charge in [-0.2, -0.15) is 0 Å². The van der Waals surface area contributed by atoms with Gasteiger partial charge < -0.3 is 14.5 Å². The van der Waals surface area contributed by atoms with Crippen LogP contribution in [0, 0.1) is 0 Å². The van der Waals surface area contributed by atoms with Crippen molar-refractivity contribution in [2.45, 2.75) is 0 Å². The fourth-order valence-electron chi connectivity index (χ4n) is 4.20. The molecule has 2 aliphatic heterocycles. The van der Waals surface area contributed by atoms with Crippen LogP contribution in [0.25, 0.3) is 0 Å². The lowest BCUT2D eigenvalue weighted by atomic mass is 10.1. The van der Waals surface area contributed by atoms with Crippen LogP contribution >= 0.6 is 0 Å². The van der Waals surface area contributed by atoms with Crippen molar-refractivity contribution >= 4 is 35.2 Å². The molecule has 3 aromatic rings. The molecule has 9 heteroatoms. The third kappa shape index (κ3) is 4.35. The summed E-state index contributed by atoms with van der Waals surface area (Å²) >= 11 is 0. The highest BCUT2D eigenvalue weighted by Crippen LogP contribution is 2.28. The average molecular weight is 470 g/mol. The van der Waals surface area contributed by atoms with Gasteiger partial charge in [-0.15, -0.1) is 0 Å². The summed E-state index contributed by atoms with van der Waals surface area (Å²) in [5, 5.41) is 0. The van der Waals surface area contributed by atoms with E-state index in [1.54, 1.807) is 35.4 Å². The first kappa shape index (κ1) is 22.3. The van der Waals surface area contributed by atoms with E-state index in [0.717, 1.165) is 10.7 Å². The van der Waals surface area contributed by atoms with Crippen molar-refractivity contribution in [2.24, 2.45) is 0 Å². The number of fused-ring (bicyclic) bond motifs is 1. The van der Waals surface area contributed by atoms with Crippen molar-refractivity contribution < 1.29 is 23.9 Å². The van der Waals surface area contributed by atoms with Gasteiger partial charge >= 0.3 is 5.97 Å². The predicted molar refractivity (Wildman–Crippen MR) is 127 cm³/mol. The summed E-state index contributed by atoms with van der Waals surface area (Å²) in [6.45, 7) is 1.97. The second-order valence-corrected chi connectivity index (χ2v) is 8.17. The molecule has 2 aromatic carbocycles. The fourth-order valence-corrected chi connectivity index (χ4v) is 4.20. The third-order valence-electron chi connectivity index (χ3n) is 6.09. The van der Waals surface area contributed by atoms with Crippen LogP contribution in [0.15, 0.2) is 72.9 Å². The number of carbonyl (C=O) groups is 4. The van der Waals surface area contributed by atoms with Crippen molar-refractivity contribution in [2.75, 3.05) is 42.6 Å². The first-order valence-electron chi connectivity index (χ1n) is 11.2. The molecule has 176 valence electrons. The highest BCUT2D eigenvalue weighted by atomic mass is 16.5. The van der Waals surface area contributed by atoms with Crippen molar-refractivity contribution in [3.8, 4) is 0 Å². The fraction of sp³-hybridized carbons (Fsp3) is 0.192. The molecule has 0 saturated carbocycles. The molecule has 3 amide bonds. The second-order valence-electron chi connectivity index (χ2n) is 8.17. The molecule has 3 heterocycles. The lowest BCUT2D eigenvalue weighted by Gasteiger charge is -2.35. The van der Waals surface area contributed by atoms with Gasteiger partial charge in [0.05, 0.1) is 22.4 Å². The van der Waals surface area contributed by atoms with E-state index in [1.807, 2.05) is 18.2 Å². The zero-order valence-corrected chi connectivity index (χ0v) is 18.8. The number of hydrogen-bond donors (Lipinski definition) is 0. The lowest BCUT2D eigenvalue weighted by Crippen LogP contribution is -2.50. The molecule has 1 fully saturated rings. The van der Waals surface area contributed by atoms with E-state index < -0.39 is 17.8 Å². The van der Waals surface area contributed by atoms with Gasteiger partial charge in [0, 0.05) is 32.4 Å². The molecule has 35 heavy (non-hydrogen) atoms. The molecule has 1 aromatic heterocycles. The van der Waals surface area contributed by atoms with Crippen LogP contribution in [-0.2, 0) is 9.53 Å². The molecular weight excluding hydrogens is 448 g/mol. The first-order chi connectivity index (χ1) is 17.0. The highest BCUT2D eigenvalue weighted by molar-refractivity contribution is 6.34. The zero-order valence-electron chi connectivity index (χ0n) is 18.8. The minimum atomic E-state index is -0.653. The number of rotatable bonds is 5. The van der Waals surface area contributed by atoms with Crippen LogP contribution < -0.4 is 9.80 Å². The quantitative estimate of drug-likeness (QED) is 0.417. The van der Waals surface area contributed by atoms with E-state index in [1.165, 1.54) is 24.3 Å². The summed E-state index contributed by atoms with van der Waals surface area (Å²) < 4.78 is 5.21. The maximum Gasteiger partial charge on any atom is 0.338 e. The number of nitrogens with zero attached hydrogens (tertiary/aromatic N) is 4. The van der Waals surface area contributed by atoms with Crippen LogP contribution in [0.3, 0.4) is 0 Å². The maximum absolute atomic E-state index is 12.6. The number of anilines is 2. The number of imide groups is 1. The summed E-state index contributed by atoms with van der Waals surface area (Å²) in [5.41, 5.74) is 1.27. The summed E-state index contributed by atoms with van der Waals surface area (Å²) in [6.07, 6.45) is 1.73. The minimum absolute atomic E-state index is 0.220. The predicted octanol–water partition coefficient (Wildman–Crippen LogP) is 2.39. The molecule has 2 aliphatic rings. The van der Waals surface area contributed by atoms with Crippen LogP contribution in [0.4, 0.5) is 11.5 Å². The van der Waals surface area contributed by atoms with Gasteiger partial charge in [-0.05, 0) is 48.5 Å². The van der Waals surface area contributed by atoms with Crippen molar-refractivity contribution in [3.05, 3.63) is 89.6 Å². The van der Waals surface area contributed by atoms with Gasteiger partial charge in [0.1, 0.15) is 5.82 Å². The second kappa shape index (κ2) is 9.38. The molecule has 5 rings (SSSR count).